The van der Waals surface area contributed by atoms with E-state index in [4.69, 9.17) is 11.6 Å². The number of carbonyl (C=O) groups is 2. The fraction of sp³-hybridized carbons (Fsp3) is 0.476. The van der Waals surface area contributed by atoms with Gasteiger partial charge in [0.1, 0.15) is 5.69 Å². The zero-order valence-corrected chi connectivity index (χ0v) is 17.4. The van der Waals surface area contributed by atoms with E-state index in [1.165, 1.54) is 13.1 Å². The summed E-state index contributed by atoms with van der Waals surface area (Å²) in [6, 6.07) is 8.66. The number of aliphatic hydroxyl groups is 1. The van der Waals surface area contributed by atoms with E-state index in [2.05, 4.69) is 15.7 Å². The van der Waals surface area contributed by atoms with Crippen molar-refractivity contribution in [1.82, 2.24) is 20.4 Å². The lowest BCUT2D eigenvalue weighted by Crippen LogP contribution is -2.39. The van der Waals surface area contributed by atoms with Gasteiger partial charge in [-0.05, 0) is 56.2 Å². The maximum Gasteiger partial charge on any atom is 0.271 e. The quantitative estimate of drug-likeness (QED) is 0.672. The summed E-state index contributed by atoms with van der Waals surface area (Å²) in [7, 11) is 1.53. The molecule has 29 heavy (non-hydrogen) atoms. The summed E-state index contributed by atoms with van der Waals surface area (Å²) in [4.78, 5) is 25.1. The summed E-state index contributed by atoms with van der Waals surface area (Å²) < 4.78 is 1.57. The molecule has 2 amide bonds. The predicted octanol–water partition coefficient (Wildman–Crippen LogP) is 2.79. The van der Waals surface area contributed by atoms with Crippen LogP contribution in [0.25, 0.3) is 0 Å². The van der Waals surface area contributed by atoms with E-state index in [0.29, 0.717) is 16.6 Å². The lowest BCUT2D eigenvalue weighted by Gasteiger charge is -2.28. The molecule has 3 N–H and O–H groups in total. The van der Waals surface area contributed by atoms with Crippen molar-refractivity contribution in [2.45, 2.75) is 44.7 Å². The van der Waals surface area contributed by atoms with Crippen LogP contribution in [-0.4, -0.2) is 46.4 Å². The smallest absolute Gasteiger partial charge is 0.271 e. The number of benzene rings is 1. The van der Waals surface area contributed by atoms with Gasteiger partial charge >= 0.3 is 0 Å². The molecule has 0 bridgehead atoms. The number of hydrogen-bond donors (Lipinski definition) is 3. The van der Waals surface area contributed by atoms with Crippen molar-refractivity contribution in [3.8, 4) is 0 Å². The molecule has 1 aromatic carbocycles. The Labute approximate surface area is 175 Å². The van der Waals surface area contributed by atoms with Crippen molar-refractivity contribution in [2.75, 3.05) is 13.7 Å². The number of aliphatic hydroxyl groups excluding tert-OH is 1. The van der Waals surface area contributed by atoms with E-state index < -0.39 is 0 Å². The first-order valence-corrected chi connectivity index (χ1v) is 10.3. The average Bonchev–Trinajstić information content (AvgIpc) is 3.19. The van der Waals surface area contributed by atoms with Crippen LogP contribution in [0.5, 0.6) is 0 Å². The van der Waals surface area contributed by atoms with Gasteiger partial charge in [-0.15, -0.1) is 0 Å². The standard InChI is InChI=1S/C21H27ClN4O3/c1-13(15-4-3-5-16(22)10-15)26-19(11-18(25-26)20(28)23-2)21(29)24-17-8-6-14(12-27)7-9-17/h3-5,10-11,13-14,17,27H,6-9,12H2,1-2H3,(H,23,28)(H,24,29)/t13-,14?,17?/m0/s1. The van der Waals surface area contributed by atoms with E-state index in [1.54, 1.807) is 10.7 Å². The SMILES string of the molecule is CNC(=O)c1cc(C(=O)NC2CCC(CO)CC2)n([C@@H](C)c2cccc(Cl)c2)n1. The molecule has 1 aliphatic carbocycles. The van der Waals surface area contributed by atoms with Gasteiger partial charge in [0.15, 0.2) is 5.69 Å². The van der Waals surface area contributed by atoms with Gasteiger partial charge in [0.25, 0.3) is 11.8 Å². The van der Waals surface area contributed by atoms with Crippen LogP contribution >= 0.6 is 11.6 Å². The second-order valence-electron chi connectivity index (χ2n) is 7.54. The van der Waals surface area contributed by atoms with Crippen molar-refractivity contribution in [3.63, 3.8) is 0 Å². The Morgan fingerprint density at radius 1 is 1.24 bits per heavy atom. The number of nitrogens with one attached hydrogen (secondary N) is 2. The van der Waals surface area contributed by atoms with E-state index >= 15 is 0 Å². The number of aromatic nitrogens is 2. The Morgan fingerprint density at radius 2 is 1.97 bits per heavy atom. The van der Waals surface area contributed by atoms with Gasteiger partial charge in [-0.25, -0.2) is 0 Å². The Morgan fingerprint density at radius 3 is 2.59 bits per heavy atom. The molecule has 1 aliphatic rings. The molecule has 1 aromatic heterocycles. The van der Waals surface area contributed by atoms with E-state index in [-0.39, 0.29) is 36.2 Å². The van der Waals surface area contributed by atoms with Crippen LogP contribution in [0.4, 0.5) is 0 Å². The normalized spacial score (nSPS) is 20.1. The van der Waals surface area contributed by atoms with Gasteiger partial charge in [0.05, 0.1) is 6.04 Å². The molecule has 3 rings (SSSR count). The number of nitrogens with zero attached hydrogens (tertiary/aromatic N) is 2. The monoisotopic (exact) mass is 418 g/mol. The molecule has 2 aromatic rings. The Kier molecular flexibility index (Phi) is 6.92. The molecule has 7 nitrogen and oxygen atoms in total. The zero-order chi connectivity index (χ0) is 21.0. The first-order chi connectivity index (χ1) is 13.9. The molecule has 0 radical (unpaired) electrons. The maximum atomic E-state index is 13.0. The Bertz CT molecular complexity index is 875. The molecule has 0 aliphatic heterocycles. The van der Waals surface area contributed by atoms with Crippen LogP contribution in [-0.2, 0) is 0 Å². The highest BCUT2D eigenvalue weighted by Crippen LogP contribution is 2.25. The maximum absolute atomic E-state index is 13.0. The second-order valence-corrected chi connectivity index (χ2v) is 7.98. The number of carbonyl (C=O) groups excluding carboxylic acids is 2. The zero-order valence-electron chi connectivity index (χ0n) is 16.7. The third kappa shape index (κ3) is 4.97. The first-order valence-electron chi connectivity index (χ1n) is 9.91. The summed E-state index contributed by atoms with van der Waals surface area (Å²) in [5.74, 6) is -0.287. The second kappa shape index (κ2) is 9.41. The Hall–Kier alpha value is -2.38. The van der Waals surface area contributed by atoms with Crippen LogP contribution in [0.1, 0.15) is 65.2 Å². The minimum atomic E-state index is -0.348. The molecular formula is C21H27ClN4O3. The fourth-order valence-corrected chi connectivity index (χ4v) is 3.95. The summed E-state index contributed by atoms with van der Waals surface area (Å²) >= 11 is 6.12. The number of rotatable bonds is 6. The van der Waals surface area contributed by atoms with Crippen LogP contribution in [0.15, 0.2) is 30.3 Å². The van der Waals surface area contributed by atoms with E-state index in [0.717, 1.165) is 31.2 Å². The fourth-order valence-electron chi connectivity index (χ4n) is 3.75. The average molecular weight is 419 g/mol. The van der Waals surface area contributed by atoms with Gasteiger partial charge in [0.2, 0.25) is 0 Å². The lowest BCUT2D eigenvalue weighted by atomic mass is 9.86. The van der Waals surface area contributed by atoms with Crippen LogP contribution in [0.2, 0.25) is 5.02 Å². The predicted molar refractivity (Wildman–Crippen MR) is 111 cm³/mol. The highest BCUT2D eigenvalue weighted by Gasteiger charge is 2.26. The van der Waals surface area contributed by atoms with Crippen molar-refractivity contribution >= 4 is 23.4 Å². The van der Waals surface area contributed by atoms with Gasteiger partial charge in [-0.1, -0.05) is 23.7 Å². The van der Waals surface area contributed by atoms with Crippen molar-refractivity contribution in [1.29, 1.82) is 0 Å². The number of halogens is 1. The minimum Gasteiger partial charge on any atom is -0.396 e. The van der Waals surface area contributed by atoms with Gasteiger partial charge in [-0.2, -0.15) is 5.10 Å². The molecule has 1 heterocycles. The number of amides is 2. The number of hydrogen-bond acceptors (Lipinski definition) is 4. The highest BCUT2D eigenvalue weighted by atomic mass is 35.5. The van der Waals surface area contributed by atoms with E-state index in [1.807, 2.05) is 25.1 Å². The van der Waals surface area contributed by atoms with Crippen LogP contribution < -0.4 is 10.6 Å². The summed E-state index contributed by atoms with van der Waals surface area (Å²) in [6.45, 7) is 2.11. The molecule has 1 atom stereocenters. The third-order valence-electron chi connectivity index (χ3n) is 5.57. The molecule has 156 valence electrons. The minimum absolute atomic E-state index is 0.0542. The summed E-state index contributed by atoms with van der Waals surface area (Å²) in [5.41, 5.74) is 1.41. The molecular weight excluding hydrogens is 392 g/mol. The van der Waals surface area contributed by atoms with Crippen molar-refractivity contribution < 1.29 is 14.7 Å². The van der Waals surface area contributed by atoms with Gasteiger partial charge < -0.3 is 15.7 Å². The van der Waals surface area contributed by atoms with Crippen molar-refractivity contribution in [3.05, 3.63) is 52.3 Å². The largest absolute Gasteiger partial charge is 0.396 e. The molecule has 1 fully saturated rings. The first kappa shape index (κ1) is 21.3. The third-order valence-corrected chi connectivity index (χ3v) is 5.80. The van der Waals surface area contributed by atoms with E-state index in [9.17, 15) is 14.7 Å². The van der Waals surface area contributed by atoms with Crippen LogP contribution in [0, 0.1) is 5.92 Å². The molecule has 1 saturated carbocycles. The topological polar surface area (TPSA) is 96.3 Å². The molecule has 0 spiro atoms. The molecule has 0 unspecified atom stereocenters. The van der Waals surface area contributed by atoms with Gasteiger partial charge in [-0.3, -0.25) is 14.3 Å². The lowest BCUT2D eigenvalue weighted by molar-refractivity contribution is 0.0900. The molecule has 0 saturated heterocycles. The highest BCUT2D eigenvalue weighted by molar-refractivity contribution is 6.30. The van der Waals surface area contributed by atoms with Crippen molar-refractivity contribution in [2.24, 2.45) is 5.92 Å². The Balaban J connectivity index is 1.85. The summed E-state index contributed by atoms with van der Waals surface area (Å²) in [6.07, 6.45) is 3.45. The van der Waals surface area contributed by atoms with Gasteiger partial charge in [0, 0.05) is 30.8 Å². The van der Waals surface area contributed by atoms with Crippen LogP contribution in [0.3, 0.4) is 0 Å². The molecule has 8 heteroatoms. The summed E-state index contributed by atoms with van der Waals surface area (Å²) in [5, 5.41) is 19.9.